The first-order valence-electron chi connectivity index (χ1n) is 8.35. The Morgan fingerprint density at radius 1 is 1.31 bits per heavy atom. The van der Waals surface area contributed by atoms with E-state index in [4.69, 9.17) is 4.74 Å². The molecule has 0 fully saturated rings. The second-order valence-electron chi connectivity index (χ2n) is 6.03. The number of nitrogens with one attached hydrogen (secondary N) is 1. The Bertz CT molecular complexity index is 774. The Hall–Kier alpha value is -2.25. The minimum Gasteiger partial charge on any atom is -0.462 e. The van der Waals surface area contributed by atoms with Gasteiger partial charge in [0.15, 0.2) is 0 Å². The number of likely N-dealkylation sites (N-methyl/N-ethyl adjacent to an activating group) is 1. The molecule has 5 nitrogen and oxygen atoms in total. The summed E-state index contributed by atoms with van der Waals surface area (Å²) >= 11 is 1.20. The number of amides is 1. The summed E-state index contributed by atoms with van der Waals surface area (Å²) < 4.78 is 18.0. The molecule has 1 aromatic heterocycles. The molecule has 1 aromatic carbocycles. The molecular weight excluding hydrogens is 355 g/mol. The summed E-state index contributed by atoms with van der Waals surface area (Å²) in [5.41, 5.74) is 1.70. The summed E-state index contributed by atoms with van der Waals surface area (Å²) in [6.45, 7) is 5.99. The van der Waals surface area contributed by atoms with Crippen LogP contribution < -0.4 is 5.32 Å². The van der Waals surface area contributed by atoms with E-state index >= 15 is 0 Å². The van der Waals surface area contributed by atoms with Crippen LogP contribution in [0, 0.1) is 12.7 Å². The number of rotatable bonds is 7. The molecule has 140 valence electrons. The monoisotopic (exact) mass is 378 g/mol. The highest BCUT2D eigenvalue weighted by Crippen LogP contribution is 2.27. The predicted octanol–water partition coefficient (Wildman–Crippen LogP) is 4.00. The van der Waals surface area contributed by atoms with Crippen LogP contribution in [0.25, 0.3) is 0 Å². The topological polar surface area (TPSA) is 58.6 Å². The largest absolute Gasteiger partial charge is 0.462 e. The van der Waals surface area contributed by atoms with E-state index in [2.05, 4.69) is 5.32 Å². The minimum absolute atomic E-state index is 0.0403. The molecule has 0 aliphatic heterocycles. The Morgan fingerprint density at radius 2 is 1.96 bits per heavy atom. The minimum atomic E-state index is -0.377. The van der Waals surface area contributed by atoms with Crippen LogP contribution in [-0.2, 0) is 9.53 Å². The van der Waals surface area contributed by atoms with E-state index in [9.17, 15) is 14.0 Å². The van der Waals surface area contributed by atoms with E-state index in [1.54, 1.807) is 32.0 Å². The van der Waals surface area contributed by atoms with Gasteiger partial charge in [-0.1, -0.05) is 12.1 Å². The van der Waals surface area contributed by atoms with Crippen molar-refractivity contribution in [3.05, 3.63) is 52.2 Å². The molecular formula is C19H23FN2O3S. The van der Waals surface area contributed by atoms with Gasteiger partial charge < -0.3 is 10.1 Å². The van der Waals surface area contributed by atoms with Crippen molar-refractivity contribution >= 4 is 28.2 Å². The highest BCUT2D eigenvalue weighted by molar-refractivity contribution is 7.18. The van der Waals surface area contributed by atoms with Gasteiger partial charge in [-0.15, -0.1) is 11.3 Å². The van der Waals surface area contributed by atoms with Gasteiger partial charge in [0.2, 0.25) is 5.91 Å². The second kappa shape index (κ2) is 8.91. The van der Waals surface area contributed by atoms with Gasteiger partial charge in [0.05, 0.1) is 18.2 Å². The number of hydrogen-bond donors (Lipinski definition) is 1. The van der Waals surface area contributed by atoms with E-state index in [1.807, 2.05) is 18.9 Å². The Labute approximate surface area is 156 Å². The maximum Gasteiger partial charge on any atom is 0.348 e. The summed E-state index contributed by atoms with van der Waals surface area (Å²) in [5, 5.41) is 3.43. The maximum atomic E-state index is 13.0. The lowest BCUT2D eigenvalue weighted by Crippen LogP contribution is -2.32. The second-order valence-corrected chi connectivity index (χ2v) is 7.09. The highest BCUT2D eigenvalue weighted by atomic mass is 32.1. The third-order valence-electron chi connectivity index (χ3n) is 4.05. The van der Waals surface area contributed by atoms with Crippen molar-refractivity contribution in [3.8, 4) is 0 Å². The lowest BCUT2D eigenvalue weighted by Gasteiger charge is -2.24. The van der Waals surface area contributed by atoms with Gasteiger partial charge in [-0.3, -0.25) is 9.69 Å². The first-order valence-corrected chi connectivity index (χ1v) is 9.16. The van der Waals surface area contributed by atoms with Crippen molar-refractivity contribution in [2.45, 2.75) is 26.8 Å². The maximum absolute atomic E-state index is 13.0. The number of hydrogen-bond acceptors (Lipinski definition) is 5. The SMILES string of the molecule is CCOC(=O)c1sc(NC(=O)CN(C)C(C)c2ccc(F)cc2)cc1C. The molecule has 26 heavy (non-hydrogen) atoms. The molecule has 0 saturated carbocycles. The lowest BCUT2D eigenvalue weighted by molar-refractivity contribution is -0.117. The number of carbonyl (C=O) groups excluding carboxylic acids is 2. The predicted molar refractivity (Wildman–Crippen MR) is 101 cm³/mol. The van der Waals surface area contributed by atoms with Crippen LogP contribution in [0.3, 0.4) is 0 Å². The molecule has 0 aliphatic rings. The first-order chi connectivity index (χ1) is 12.3. The molecule has 1 unspecified atom stereocenters. The molecule has 0 spiro atoms. The molecule has 0 bridgehead atoms. The highest BCUT2D eigenvalue weighted by Gasteiger charge is 2.18. The molecule has 1 amide bonds. The normalized spacial score (nSPS) is 12.1. The number of esters is 1. The summed E-state index contributed by atoms with van der Waals surface area (Å²) in [5.74, 6) is -0.845. The molecule has 0 radical (unpaired) electrons. The van der Waals surface area contributed by atoms with E-state index in [0.717, 1.165) is 11.1 Å². The zero-order valence-electron chi connectivity index (χ0n) is 15.3. The number of carbonyl (C=O) groups is 2. The summed E-state index contributed by atoms with van der Waals surface area (Å²) in [6, 6.07) is 7.96. The van der Waals surface area contributed by atoms with E-state index in [1.165, 1.54) is 23.5 Å². The number of anilines is 1. The quantitative estimate of drug-likeness (QED) is 0.740. The number of thiophene rings is 1. The number of benzene rings is 1. The number of halogens is 1. The average molecular weight is 378 g/mol. The Morgan fingerprint density at radius 3 is 2.58 bits per heavy atom. The van der Waals surface area contributed by atoms with Crippen LogP contribution >= 0.6 is 11.3 Å². The van der Waals surface area contributed by atoms with E-state index < -0.39 is 0 Å². The summed E-state index contributed by atoms with van der Waals surface area (Å²) in [6.07, 6.45) is 0. The van der Waals surface area contributed by atoms with Crippen LogP contribution in [0.4, 0.5) is 9.39 Å². The van der Waals surface area contributed by atoms with Crippen molar-refractivity contribution < 1.29 is 18.7 Å². The molecule has 0 saturated heterocycles. The van der Waals surface area contributed by atoms with Gasteiger partial charge >= 0.3 is 5.97 Å². The Kier molecular flexibility index (Phi) is 6.88. The molecule has 1 atom stereocenters. The van der Waals surface area contributed by atoms with Gasteiger partial charge in [0.1, 0.15) is 10.7 Å². The van der Waals surface area contributed by atoms with E-state index in [-0.39, 0.29) is 30.3 Å². The third kappa shape index (κ3) is 5.12. The lowest BCUT2D eigenvalue weighted by atomic mass is 10.1. The fourth-order valence-corrected chi connectivity index (χ4v) is 3.46. The van der Waals surface area contributed by atoms with Crippen LogP contribution in [-0.4, -0.2) is 37.0 Å². The summed E-state index contributed by atoms with van der Waals surface area (Å²) in [7, 11) is 1.83. The standard InChI is InChI=1S/C19H23FN2O3S/c1-5-25-19(24)18-12(2)10-17(26-18)21-16(23)11-22(4)13(3)14-6-8-15(20)9-7-14/h6-10,13H,5,11H2,1-4H3,(H,21,23). The van der Waals surface area contributed by atoms with Crippen molar-refractivity contribution in [2.75, 3.05) is 25.5 Å². The molecule has 7 heteroatoms. The molecule has 1 heterocycles. The molecule has 2 rings (SSSR count). The number of nitrogens with zero attached hydrogens (tertiary/aromatic N) is 1. The molecule has 2 aromatic rings. The Balaban J connectivity index is 1.96. The summed E-state index contributed by atoms with van der Waals surface area (Å²) in [4.78, 5) is 26.5. The van der Waals surface area contributed by atoms with Gasteiger partial charge in [-0.25, -0.2) is 9.18 Å². The molecule has 1 N–H and O–H groups in total. The average Bonchev–Trinajstić information content (AvgIpc) is 2.95. The fraction of sp³-hybridized carbons (Fsp3) is 0.368. The number of ether oxygens (including phenoxy) is 1. The van der Waals surface area contributed by atoms with Gasteiger partial charge in [-0.2, -0.15) is 0 Å². The van der Waals surface area contributed by atoms with Gasteiger partial charge in [-0.05, 0) is 57.1 Å². The first kappa shape index (κ1) is 20.1. The zero-order valence-corrected chi connectivity index (χ0v) is 16.2. The van der Waals surface area contributed by atoms with Crippen LogP contribution in [0.1, 0.15) is 40.7 Å². The van der Waals surface area contributed by atoms with Gasteiger partial charge in [0.25, 0.3) is 0 Å². The van der Waals surface area contributed by atoms with Crippen molar-refractivity contribution in [2.24, 2.45) is 0 Å². The smallest absolute Gasteiger partial charge is 0.348 e. The third-order valence-corrected chi connectivity index (χ3v) is 5.18. The van der Waals surface area contributed by atoms with Gasteiger partial charge in [0, 0.05) is 6.04 Å². The van der Waals surface area contributed by atoms with E-state index in [0.29, 0.717) is 16.5 Å². The number of aryl methyl sites for hydroxylation is 1. The van der Waals surface area contributed by atoms with Crippen LogP contribution in [0.5, 0.6) is 0 Å². The fourth-order valence-electron chi connectivity index (χ4n) is 2.48. The van der Waals surface area contributed by atoms with Crippen LogP contribution in [0.2, 0.25) is 0 Å². The van der Waals surface area contributed by atoms with Crippen molar-refractivity contribution in [3.63, 3.8) is 0 Å². The van der Waals surface area contributed by atoms with Crippen molar-refractivity contribution in [1.82, 2.24) is 4.90 Å². The van der Waals surface area contributed by atoms with Crippen LogP contribution in [0.15, 0.2) is 30.3 Å². The molecule has 0 aliphatic carbocycles. The zero-order chi connectivity index (χ0) is 19.3. The van der Waals surface area contributed by atoms with Crippen molar-refractivity contribution in [1.29, 1.82) is 0 Å².